The second kappa shape index (κ2) is 13.8. The van der Waals surface area contributed by atoms with Crippen LogP contribution in [0.25, 0.3) is 0 Å². The first-order valence-electron chi connectivity index (χ1n) is 12.7. The Morgan fingerprint density at radius 1 is 1.24 bits per heavy atom. The first kappa shape index (κ1) is 29.0. The number of allylic oxidation sites excluding steroid dienone is 1. The van der Waals surface area contributed by atoms with Gasteiger partial charge in [-0.25, -0.2) is 0 Å². The minimum Gasteiger partial charge on any atom is -0.493 e. The Bertz CT molecular complexity index is 1240. The lowest BCUT2D eigenvalue weighted by atomic mass is 10.0. The predicted octanol–water partition coefficient (Wildman–Crippen LogP) is 7.27. The number of hydrogen-bond donors (Lipinski definition) is 1. The Balaban J connectivity index is 1.58. The van der Waals surface area contributed by atoms with Gasteiger partial charge in [-0.05, 0) is 67.0 Å². The number of nitrogens with one attached hydrogen (secondary N) is 1. The molecule has 1 amide bonds. The smallest absolute Gasteiger partial charge is 0.234 e. The van der Waals surface area contributed by atoms with Crippen molar-refractivity contribution in [3.8, 4) is 5.75 Å². The monoisotopic (exact) mass is 584 g/mol. The summed E-state index contributed by atoms with van der Waals surface area (Å²) in [6.45, 7) is 15.6. The minimum absolute atomic E-state index is 0.0530. The fraction of sp³-hybridized carbons (Fsp3) is 0.414. The summed E-state index contributed by atoms with van der Waals surface area (Å²) >= 11 is 5.05. The molecule has 1 N–H and O–H groups in total. The van der Waals surface area contributed by atoms with Gasteiger partial charge in [0, 0.05) is 23.1 Å². The molecule has 0 aliphatic rings. The van der Waals surface area contributed by atoms with Crippen molar-refractivity contribution in [1.29, 1.82) is 0 Å². The maximum atomic E-state index is 12.7. The number of halogens is 1. The van der Waals surface area contributed by atoms with E-state index in [1.807, 2.05) is 35.8 Å². The lowest BCUT2D eigenvalue weighted by Crippen LogP contribution is -2.17. The maximum Gasteiger partial charge on any atom is 0.234 e. The van der Waals surface area contributed by atoms with Crippen LogP contribution >= 0.6 is 27.7 Å². The first-order valence-corrected chi connectivity index (χ1v) is 14.5. The van der Waals surface area contributed by atoms with Gasteiger partial charge in [0.05, 0.1) is 12.4 Å². The zero-order valence-electron chi connectivity index (χ0n) is 22.4. The minimum atomic E-state index is -0.0530. The van der Waals surface area contributed by atoms with Crippen molar-refractivity contribution in [3.63, 3.8) is 0 Å². The molecule has 0 aliphatic carbocycles. The molecule has 3 rings (SSSR count). The highest BCUT2D eigenvalue weighted by Crippen LogP contribution is 2.32. The number of carbonyl (C=O) groups is 1. The fourth-order valence-electron chi connectivity index (χ4n) is 4.11. The number of rotatable bonds is 13. The molecule has 0 fully saturated rings. The molecule has 0 bridgehead atoms. The molecule has 0 aliphatic heterocycles. The van der Waals surface area contributed by atoms with E-state index in [1.165, 1.54) is 17.3 Å². The number of para-hydroxylation sites is 1. The summed E-state index contributed by atoms with van der Waals surface area (Å²) in [5.41, 5.74) is 5.46. The third-order valence-electron chi connectivity index (χ3n) is 6.16. The Morgan fingerprint density at radius 3 is 2.73 bits per heavy atom. The molecule has 6 nitrogen and oxygen atoms in total. The summed E-state index contributed by atoms with van der Waals surface area (Å²) in [7, 11) is 0. The van der Waals surface area contributed by atoms with Gasteiger partial charge in [-0.1, -0.05) is 72.7 Å². The molecular formula is C29H37BrN4O2S. The van der Waals surface area contributed by atoms with Crippen LogP contribution in [0, 0.1) is 13.8 Å². The van der Waals surface area contributed by atoms with E-state index in [1.54, 1.807) is 0 Å². The molecule has 0 spiro atoms. The van der Waals surface area contributed by atoms with E-state index in [-0.39, 0.29) is 11.7 Å². The normalized spacial score (nSPS) is 11.1. The molecule has 0 saturated carbocycles. The molecule has 0 saturated heterocycles. The number of hydrogen-bond acceptors (Lipinski definition) is 5. The van der Waals surface area contributed by atoms with Gasteiger partial charge in [-0.2, -0.15) is 0 Å². The topological polar surface area (TPSA) is 69.0 Å². The Labute approximate surface area is 233 Å². The van der Waals surface area contributed by atoms with Gasteiger partial charge in [0.25, 0.3) is 0 Å². The molecule has 2 aromatic carbocycles. The van der Waals surface area contributed by atoms with Crippen molar-refractivity contribution in [3.05, 3.63) is 75.5 Å². The number of anilines is 1. The Hall–Kier alpha value is -2.58. The number of carbonyl (C=O) groups excluding carboxylic acids is 1. The van der Waals surface area contributed by atoms with Gasteiger partial charge >= 0.3 is 0 Å². The summed E-state index contributed by atoms with van der Waals surface area (Å²) in [5.74, 6) is 2.41. The van der Waals surface area contributed by atoms with Gasteiger partial charge in [-0.15, -0.1) is 16.8 Å². The SMILES string of the molecule is C=CCn1c(CCCOc2cc(C(C)C)c(Br)cc2C)nnc1SCC(=O)Nc1c(C)cccc1CC. The molecule has 198 valence electrons. The third kappa shape index (κ3) is 7.71. The lowest BCUT2D eigenvalue weighted by molar-refractivity contribution is -0.113. The molecule has 0 atom stereocenters. The summed E-state index contributed by atoms with van der Waals surface area (Å²) in [6.07, 6.45) is 4.22. The number of thioether (sulfide) groups is 1. The van der Waals surface area contributed by atoms with Crippen LogP contribution in [0.1, 0.15) is 61.2 Å². The number of amides is 1. The van der Waals surface area contributed by atoms with Crippen LogP contribution in [0.15, 0.2) is 52.6 Å². The Kier molecular flexibility index (Phi) is 10.8. The molecular weight excluding hydrogens is 548 g/mol. The summed E-state index contributed by atoms with van der Waals surface area (Å²) < 4.78 is 9.26. The van der Waals surface area contributed by atoms with Gasteiger partial charge in [-0.3, -0.25) is 4.79 Å². The van der Waals surface area contributed by atoms with E-state index >= 15 is 0 Å². The molecule has 1 aromatic heterocycles. The number of nitrogens with zero attached hydrogens (tertiary/aromatic N) is 3. The number of benzene rings is 2. The number of aryl methyl sites for hydroxylation is 4. The van der Waals surface area contributed by atoms with E-state index in [0.717, 1.165) is 62.8 Å². The second-order valence-corrected chi connectivity index (χ2v) is 11.1. The number of ether oxygens (including phenoxy) is 1. The molecule has 37 heavy (non-hydrogen) atoms. The highest BCUT2D eigenvalue weighted by Gasteiger charge is 2.15. The number of aromatic nitrogens is 3. The zero-order chi connectivity index (χ0) is 26.9. The van der Waals surface area contributed by atoms with E-state index in [0.29, 0.717) is 19.1 Å². The van der Waals surface area contributed by atoms with Crippen LogP contribution in [-0.2, 0) is 24.2 Å². The summed E-state index contributed by atoms with van der Waals surface area (Å²) in [5, 5.41) is 12.6. The quantitative estimate of drug-likeness (QED) is 0.130. The average molecular weight is 586 g/mol. The van der Waals surface area contributed by atoms with Crippen molar-refractivity contribution in [2.75, 3.05) is 17.7 Å². The lowest BCUT2D eigenvalue weighted by Gasteiger charge is -2.15. The fourth-order valence-corrected chi connectivity index (χ4v) is 5.79. The maximum absolute atomic E-state index is 12.7. The average Bonchev–Trinajstić information content (AvgIpc) is 3.24. The van der Waals surface area contributed by atoms with E-state index in [4.69, 9.17) is 4.74 Å². The van der Waals surface area contributed by atoms with Crippen molar-refractivity contribution in [1.82, 2.24) is 14.8 Å². The molecule has 0 radical (unpaired) electrons. The van der Waals surface area contributed by atoms with Crippen LogP contribution in [-0.4, -0.2) is 33.0 Å². The van der Waals surface area contributed by atoms with Gasteiger partial charge in [0.15, 0.2) is 5.16 Å². The van der Waals surface area contributed by atoms with Gasteiger partial charge < -0.3 is 14.6 Å². The van der Waals surface area contributed by atoms with E-state index < -0.39 is 0 Å². The van der Waals surface area contributed by atoms with Crippen LogP contribution in [0.3, 0.4) is 0 Å². The molecule has 0 unspecified atom stereocenters. The van der Waals surface area contributed by atoms with Crippen LogP contribution in [0.5, 0.6) is 5.75 Å². The highest BCUT2D eigenvalue weighted by molar-refractivity contribution is 9.10. The molecule has 1 heterocycles. The largest absolute Gasteiger partial charge is 0.493 e. The van der Waals surface area contributed by atoms with Crippen molar-refractivity contribution in [2.45, 2.75) is 71.5 Å². The van der Waals surface area contributed by atoms with E-state index in [2.05, 4.69) is 77.9 Å². The van der Waals surface area contributed by atoms with Gasteiger partial charge in [0.2, 0.25) is 5.91 Å². The van der Waals surface area contributed by atoms with Crippen molar-refractivity contribution >= 4 is 39.3 Å². The zero-order valence-corrected chi connectivity index (χ0v) is 24.8. The first-order chi connectivity index (χ1) is 17.7. The van der Waals surface area contributed by atoms with Crippen LogP contribution in [0.2, 0.25) is 0 Å². The van der Waals surface area contributed by atoms with Gasteiger partial charge in [0.1, 0.15) is 11.6 Å². The van der Waals surface area contributed by atoms with Crippen LogP contribution < -0.4 is 10.1 Å². The second-order valence-electron chi connectivity index (χ2n) is 9.34. The van der Waals surface area contributed by atoms with Crippen molar-refractivity contribution in [2.24, 2.45) is 0 Å². The third-order valence-corrected chi connectivity index (χ3v) is 7.81. The Morgan fingerprint density at radius 2 is 2.03 bits per heavy atom. The summed E-state index contributed by atoms with van der Waals surface area (Å²) in [6, 6.07) is 10.3. The van der Waals surface area contributed by atoms with Crippen molar-refractivity contribution < 1.29 is 9.53 Å². The highest BCUT2D eigenvalue weighted by atomic mass is 79.9. The molecule has 3 aromatic rings. The standard InChI is InChI=1S/C29H37BrN4O2S/c1-7-14-34-26(13-10-15-36-25-17-23(19(3)4)24(30)16-21(25)6)32-33-29(34)37-18-27(35)31-28-20(5)11-9-12-22(28)8-2/h7,9,11-12,16-17,19H,1,8,10,13-15,18H2,2-6H3,(H,31,35). The van der Waals surface area contributed by atoms with E-state index in [9.17, 15) is 4.79 Å². The van der Waals surface area contributed by atoms with Crippen LogP contribution in [0.4, 0.5) is 5.69 Å². The molecule has 8 heteroatoms. The predicted molar refractivity (Wildman–Crippen MR) is 157 cm³/mol. The summed E-state index contributed by atoms with van der Waals surface area (Å²) in [4.78, 5) is 12.7.